The third-order valence-electron chi connectivity index (χ3n) is 3.29. The molecule has 0 spiro atoms. The summed E-state index contributed by atoms with van der Waals surface area (Å²) in [6.45, 7) is 6.62. The van der Waals surface area contributed by atoms with Gasteiger partial charge in [0.25, 0.3) is 0 Å². The van der Waals surface area contributed by atoms with E-state index in [0.29, 0.717) is 0 Å². The average Bonchev–Trinajstić information content (AvgIpc) is 2.93. The van der Waals surface area contributed by atoms with Gasteiger partial charge in [0.15, 0.2) is 0 Å². The van der Waals surface area contributed by atoms with Crippen LogP contribution in [0.1, 0.15) is 22.9 Å². The van der Waals surface area contributed by atoms with E-state index in [0.717, 1.165) is 23.4 Å². The fourth-order valence-electron chi connectivity index (χ4n) is 2.00. The summed E-state index contributed by atoms with van der Waals surface area (Å²) in [4.78, 5) is 13.4. The molecule has 0 aliphatic rings. The third kappa shape index (κ3) is 3.68. The molecule has 0 radical (unpaired) electrons. The fourth-order valence-corrected chi connectivity index (χ4v) is 2.66. The molecule has 1 atom stereocenters. The first-order valence-electron chi connectivity index (χ1n) is 6.71. The predicted octanol–water partition coefficient (Wildman–Crippen LogP) is 3.48. The van der Waals surface area contributed by atoms with Crippen molar-refractivity contribution in [1.29, 1.82) is 0 Å². The van der Waals surface area contributed by atoms with Crippen LogP contribution in [-0.4, -0.2) is 11.9 Å². The number of thiophene rings is 1. The molecule has 0 bridgehead atoms. The molecule has 3 nitrogen and oxygen atoms in total. The van der Waals surface area contributed by atoms with Gasteiger partial charge in [0.05, 0.1) is 6.04 Å². The van der Waals surface area contributed by atoms with Crippen LogP contribution in [0.2, 0.25) is 0 Å². The van der Waals surface area contributed by atoms with E-state index in [1.807, 2.05) is 50.4 Å². The number of hydrogen-bond acceptors (Lipinski definition) is 3. The van der Waals surface area contributed by atoms with Crippen LogP contribution >= 0.6 is 11.3 Å². The Balaban J connectivity index is 1.94. The topological polar surface area (TPSA) is 41.1 Å². The van der Waals surface area contributed by atoms with Gasteiger partial charge in [0.1, 0.15) is 0 Å². The number of para-hydroxylation sites is 1. The van der Waals surface area contributed by atoms with E-state index in [9.17, 15) is 4.79 Å². The number of hydrogen-bond donors (Lipinski definition) is 2. The Labute approximate surface area is 124 Å². The zero-order chi connectivity index (χ0) is 14.5. The molecular weight excluding hydrogens is 268 g/mol. The van der Waals surface area contributed by atoms with Gasteiger partial charge in [-0.3, -0.25) is 4.79 Å². The molecular formula is C16H20N2OS. The van der Waals surface area contributed by atoms with Gasteiger partial charge in [-0.15, -0.1) is 11.3 Å². The minimum absolute atomic E-state index is 0.000967. The van der Waals surface area contributed by atoms with E-state index < -0.39 is 0 Å². The lowest BCUT2D eigenvalue weighted by atomic mass is 10.1. The van der Waals surface area contributed by atoms with Gasteiger partial charge in [-0.05, 0) is 43.3 Å². The highest BCUT2D eigenvalue weighted by Gasteiger charge is 2.14. The number of benzene rings is 1. The van der Waals surface area contributed by atoms with E-state index in [1.54, 1.807) is 11.3 Å². The van der Waals surface area contributed by atoms with Crippen LogP contribution in [-0.2, 0) is 11.3 Å². The highest BCUT2D eigenvalue weighted by atomic mass is 32.1. The number of anilines is 1. The van der Waals surface area contributed by atoms with E-state index >= 15 is 0 Å². The Bertz CT molecular complexity index is 558. The van der Waals surface area contributed by atoms with E-state index in [-0.39, 0.29) is 11.9 Å². The summed E-state index contributed by atoms with van der Waals surface area (Å²) in [5, 5.41) is 8.29. The van der Waals surface area contributed by atoms with Crippen molar-refractivity contribution < 1.29 is 4.79 Å². The Kier molecular flexibility index (Phi) is 4.93. The van der Waals surface area contributed by atoms with Crippen LogP contribution in [0, 0.1) is 13.8 Å². The van der Waals surface area contributed by atoms with Crippen molar-refractivity contribution in [2.24, 2.45) is 0 Å². The van der Waals surface area contributed by atoms with Crippen LogP contribution in [0.25, 0.3) is 0 Å². The number of carbonyl (C=O) groups excluding carboxylic acids is 1. The summed E-state index contributed by atoms with van der Waals surface area (Å²) in [6, 6.07) is 9.87. The van der Waals surface area contributed by atoms with Gasteiger partial charge >= 0.3 is 0 Å². The molecule has 2 N–H and O–H groups in total. The largest absolute Gasteiger partial charge is 0.324 e. The van der Waals surface area contributed by atoms with Crippen molar-refractivity contribution in [2.45, 2.75) is 33.4 Å². The fraction of sp³-hybridized carbons (Fsp3) is 0.312. The minimum Gasteiger partial charge on any atom is -0.324 e. The molecule has 1 amide bonds. The van der Waals surface area contributed by atoms with Crippen molar-refractivity contribution in [3.05, 3.63) is 51.7 Å². The van der Waals surface area contributed by atoms with Crippen molar-refractivity contribution in [2.75, 3.05) is 5.32 Å². The van der Waals surface area contributed by atoms with Gasteiger partial charge in [0.2, 0.25) is 5.91 Å². The Morgan fingerprint density at radius 3 is 2.50 bits per heavy atom. The molecule has 2 rings (SSSR count). The smallest absolute Gasteiger partial charge is 0.241 e. The summed E-state index contributed by atoms with van der Waals surface area (Å²) in [5.41, 5.74) is 3.09. The molecule has 0 aliphatic carbocycles. The van der Waals surface area contributed by atoms with Crippen LogP contribution in [0.4, 0.5) is 5.69 Å². The highest BCUT2D eigenvalue weighted by molar-refractivity contribution is 7.09. The first kappa shape index (κ1) is 14.8. The molecule has 1 unspecified atom stereocenters. The minimum atomic E-state index is -0.226. The van der Waals surface area contributed by atoms with Crippen molar-refractivity contribution in [3.63, 3.8) is 0 Å². The molecule has 2 aromatic rings. The molecule has 0 saturated carbocycles. The molecule has 1 aromatic carbocycles. The number of nitrogens with one attached hydrogen (secondary N) is 2. The lowest BCUT2D eigenvalue weighted by Crippen LogP contribution is -2.37. The summed E-state index contributed by atoms with van der Waals surface area (Å²) in [6.07, 6.45) is 0. The zero-order valence-corrected chi connectivity index (χ0v) is 12.9. The number of aryl methyl sites for hydroxylation is 2. The lowest BCUT2D eigenvalue weighted by molar-refractivity contribution is -0.117. The molecule has 1 aromatic heterocycles. The number of rotatable bonds is 5. The average molecular weight is 288 g/mol. The van der Waals surface area contributed by atoms with Crippen molar-refractivity contribution in [1.82, 2.24) is 5.32 Å². The second kappa shape index (κ2) is 6.68. The van der Waals surface area contributed by atoms with Crippen molar-refractivity contribution >= 4 is 22.9 Å². The van der Waals surface area contributed by atoms with Gasteiger partial charge in [-0.25, -0.2) is 0 Å². The second-order valence-electron chi connectivity index (χ2n) is 4.94. The van der Waals surface area contributed by atoms with E-state index in [4.69, 9.17) is 0 Å². The molecule has 106 valence electrons. The van der Waals surface area contributed by atoms with Crippen LogP contribution in [0.3, 0.4) is 0 Å². The maximum absolute atomic E-state index is 12.2. The molecule has 4 heteroatoms. The zero-order valence-electron chi connectivity index (χ0n) is 12.1. The Hall–Kier alpha value is -1.65. The van der Waals surface area contributed by atoms with Gasteiger partial charge in [-0.2, -0.15) is 0 Å². The van der Waals surface area contributed by atoms with E-state index in [1.165, 1.54) is 4.88 Å². The third-order valence-corrected chi connectivity index (χ3v) is 4.16. The first-order chi connectivity index (χ1) is 9.58. The molecule has 20 heavy (non-hydrogen) atoms. The number of carbonyl (C=O) groups is 1. The molecule has 0 aliphatic heterocycles. The number of amides is 1. The van der Waals surface area contributed by atoms with Crippen molar-refractivity contribution in [3.8, 4) is 0 Å². The molecule has 0 saturated heterocycles. The maximum Gasteiger partial charge on any atom is 0.241 e. The summed E-state index contributed by atoms with van der Waals surface area (Å²) in [7, 11) is 0. The molecule has 0 fully saturated rings. The maximum atomic E-state index is 12.2. The second-order valence-corrected chi connectivity index (χ2v) is 5.97. The lowest BCUT2D eigenvalue weighted by Gasteiger charge is -2.16. The Morgan fingerprint density at radius 2 is 1.90 bits per heavy atom. The van der Waals surface area contributed by atoms with Crippen LogP contribution in [0.15, 0.2) is 35.7 Å². The van der Waals surface area contributed by atoms with Gasteiger partial charge in [-0.1, -0.05) is 24.3 Å². The quantitative estimate of drug-likeness (QED) is 0.884. The molecule has 1 heterocycles. The monoisotopic (exact) mass is 288 g/mol. The summed E-state index contributed by atoms with van der Waals surface area (Å²) >= 11 is 1.69. The van der Waals surface area contributed by atoms with Crippen LogP contribution in [0.5, 0.6) is 0 Å². The summed E-state index contributed by atoms with van der Waals surface area (Å²) < 4.78 is 0. The SMILES string of the molecule is Cc1cccc(C)c1NC(=O)C(C)NCc1cccs1. The predicted molar refractivity (Wildman–Crippen MR) is 85.2 cm³/mol. The standard InChI is InChI=1S/C16H20N2OS/c1-11-6-4-7-12(2)15(11)18-16(19)13(3)17-10-14-8-5-9-20-14/h4-9,13,17H,10H2,1-3H3,(H,18,19). The van der Waals surface area contributed by atoms with Gasteiger partial charge < -0.3 is 10.6 Å². The Morgan fingerprint density at radius 1 is 1.20 bits per heavy atom. The van der Waals surface area contributed by atoms with E-state index in [2.05, 4.69) is 16.7 Å². The highest BCUT2D eigenvalue weighted by Crippen LogP contribution is 2.19. The van der Waals surface area contributed by atoms with Gasteiger partial charge in [0, 0.05) is 17.1 Å². The van der Waals surface area contributed by atoms with Crippen LogP contribution < -0.4 is 10.6 Å². The first-order valence-corrected chi connectivity index (χ1v) is 7.58. The summed E-state index contributed by atoms with van der Waals surface area (Å²) in [5.74, 6) is -0.000967. The normalized spacial score (nSPS) is 12.2.